The number of halogens is 2. The summed E-state index contributed by atoms with van der Waals surface area (Å²) in [5, 5.41) is 17.1. The molecule has 3 aromatic rings. The van der Waals surface area contributed by atoms with E-state index in [1.54, 1.807) is 23.0 Å². The molecular weight excluding hydrogens is 414 g/mol. The zero-order valence-corrected chi connectivity index (χ0v) is 17.3. The summed E-state index contributed by atoms with van der Waals surface area (Å²) in [5.74, 6) is -1.07. The summed E-state index contributed by atoms with van der Waals surface area (Å²) in [7, 11) is 0. The van der Waals surface area contributed by atoms with Crippen LogP contribution in [0.4, 0.5) is 26.0 Å². The number of nitrogens with two attached hydrogens (primary N) is 1. The van der Waals surface area contributed by atoms with E-state index in [0.717, 1.165) is 5.69 Å². The molecule has 1 fully saturated rings. The first-order chi connectivity index (χ1) is 15.4. The summed E-state index contributed by atoms with van der Waals surface area (Å²) < 4.78 is 28.1. The highest BCUT2D eigenvalue weighted by Crippen LogP contribution is 2.36. The third-order valence-corrected chi connectivity index (χ3v) is 5.87. The van der Waals surface area contributed by atoms with E-state index in [0.29, 0.717) is 31.6 Å². The number of aromatic nitrogens is 2. The maximum atomic E-state index is 13.3. The van der Waals surface area contributed by atoms with Crippen molar-refractivity contribution in [1.29, 1.82) is 5.26 Å². The Labute approximate surface area is 184 Å². The lowest BCUT2D eigenvalue weighted by molar-refractivity contribution is 0.100. The van der Waals surface area contributed by atoms with Gasteiger partial charge >= 0.3 is 0 Å². The molecule has 0 aliphatic carbocycles. The zero-order valence-electron chi connectivity index (χ0n) is 17.3. The first-order valence-electron chi connectivity index (χ1n) is 10.2. The fourth-order valence-electron chi connectivity index (χ4n) is 4.03. The number of anilines is 3. The average Bonchev–Trinajstić information content (AvgIpc) is 3.22. The van der Waals surface area contributed by atoms with Gasteiger partial charge < -0.3 is 16.0 Å². The van der Waals surface area contributed by atoms with Crippen molar-refractivity contribution in [3.63, 3.8) is 0 Å². The van der Waals surface area contributed by atoms with Crippen molar-refractivity contribution in [3.8, 4) is 6.07 Å². The number of nitrogens with zero attached hydrogens (tertiary/aromatic N) is 4. The Morgan fingerprint density at radius 2 is 1.69 bits per heavy atom. The summed E-state index contributed by atoms with van der Waals surface area (Å²) in [6, 6.07) is 14.2. The van der Waals surface area contributed by atoms with Crippen molar-refractivity contribution < 1.29 is 13.6 Å². The molecule has 0 radical (unpaired) electrons. The van der Waals surface area contributed by atoms with E-state index in [2.05, 4.69) is 21.4 Å². The molecule has 2 heterocycles. The van der Waals surface area contributed by atoms with Crippen LogP contribution in [0.2, 0.25) is 0 Å². The number of benzene rings is 2. The molecule has 1 saturated heterocycles. The minimum absolute atomic E-state index is 0.188. The number of hydrogen-bond donors (Lipinski definition) is 2. The highest BCUT2D eigenvalue weighted by Gasteiger charge is 2.38. The smallest absolute Gasteiger partial charge is 0.254 e. The fourth-order valence-corrected chi connectivity index (χ4v) is 4.03. The largest absolute Gasteiger partial charge is 0.371 e. The van der Waals surface area contributed by atoms with Gasteiger partial charge in [0, 0.05) is 30.7 Å². The fraction of sp³-hybridized carbons (Fsp3) is 0.261. The lowest BCUT2D eigenvalue weighted by Gasteiger charge is -2.41. The molecule has 1 aliphatic rings. The molecule has 1 aliphatic heterocycles. The molecule has 2 aromatic carbocycles. The molecule has 9 heteroatoms. The van der Waals surface area contributed by atoms with Gasteiger partial charge in [-0.1, -0.05) is 0 Å². The molecule has 0 saturated carbocycles. The SMILES string of the molecule is N#CCC1(n2cc(C(N)=O)c(Nc3ccc(F)cc3)n2)CCN(c2ccc(F)cc2)CC1. The summed E-state index contributed by atoms with van der Waals surface area (Å²) in [6.07, 6.45) is 2.99. The van der Waals surface area contributed by atoms with E-state index in [-0.39, 0.29) is 29.4 Å². The Hall–Kier alpha value is -3.93. The van der Waals surface area contributed by atoms with Crippen molar-refractivity contribution in [2.24, 2.45) is 5.73 Å². The molecule has 0 unspecified atom stereocenters. The van der Waals surface area contributed by atoms with Gasteiger partial charge in [0.05, 0.1) is 18.0 Å². The summed E-state index contributed by atoms with van der Waals surface area (Å²) in [5.41, 5.74) is 6.61. The number of carbonyl (C=O) groups is 1. The van der Waals surface area contributed by atoms with E-state index in [4.69, 9.17) is 5.73 Å². The van der Waals surface area contributed by atoms with E-state index in [1.807, 2.05) is 0 Å². The molecule has 1 aromatic heterocycles. The van der Waals surface area contributed by atoms with Gasteiger partial charge in [0.25, 0.3) is 5.91 Å². The molecule has 32 heavy (non-hydrogen) atoms. The summed E-state index contributed by atoms with van der Waals surface area (Å²) >= 11 is 0. The predicted molar refractivity (Wildman–Crippen MR) is 116 cm³/mol. The van der Waals surface area contributed by atoms with E-state index >= 15 is 0 Å². The van der Waals surface area contributed by atoms with Crippen molar-refractivity contribution in [2.45, 2.75) is 24.8 Å². The number of carbonyl (C=O) groups excluding carboxylic acids is 1. The number of hydrogen-bond acceptors (Lipinski definition) is 5. The quantitative estimate of drug-likeness (QED) is 0.610. The van der Waals surface area contributed by atoms with Crippen LogP contribution in [-0.2, 0) is 5.54 Å². The third-order valence-electron chi connectivity index (χ3n) is 5.87. The first kappa shape index (κ1) is 21.3. The van der Waals surface area contributed by atoms with E-state index < -0.39 is 11.4 Å². The summed E-state index contributed by atoms with van der Waals surface area (Å²) in [6.45, 7) is 1.28. The standard InChI is InChI=1S/C23H22F2N6O/c24-16-1-5-18(6-2-16)28-22-20(21(27)32)15-31(29-22)23(9-12-26)10-13-30(14-11-23)19-7-3-17(25)4-8-19/h1-8,15H,9-11,13-14H2,(H2,27,32)(H,28,29). The molecule has 7 nitrogen and oxygen atoms in total. The van der Waals surface area contributed by atoms with Gasteiger partial charge in [0.1, 0.15) is 17.2 Å². The predicted octanol–water partition coefficient (Wildman–Crippen LogP) is 3.91. The Morgan fingerprint density at radius 3 is 2.25 bits per heavy atom. The lowest BCUT2D eigenvalue weighted by Crippen LogP contribution is -2.46. The molecule has 0 spiro atoms. The molecular formula is C23H22F2N6O. The number of piperidine rings is 1. The van der Waals surface area contributed by atoms with Crippen LogP contribution in [0.25, 0.3) is 0 Å². The van der Waals surface area contributed by atoms with Gasteiger partial charge in [0.2, 0.25) is 0 Å². The lowest BCUT2D eigenvalue weighted by atomic mass is 9.84. The number of nitriles is 1. The van der Waals surface area contributed by atoms with Crippen molar-refractivity contribution in [3.05, 3.63) is 71.9 Å². The monoisotopic (exact) mass is 436 g/mol. The van der Waals surface area contributed by atoms with Crippen LogP contribution in [-0.4, -0.2) is 28.8 Å². The Morgan fingerprint density at radius 1 is 1.09 bits per heavy atom. The maximum Gasteiger partial charge on any atom is 0.254 e. The number of nitrogens with one attached hydrogen (secondary N) is 1. The van der Waals surface area contributed by atoms with Crippen LogP contribution >= 0.6 is 0 Å². The van der Waals surface area contributed by atoms with Gasteiger partial charge in [-0.05, 0) is 61.4 Å². The highest BCUT2D eigenvalue weighted by atomic mass is 19.1. The average molecular weight is 436 g/mol. The second kappa shape index (κ2) is 8.67. The van der Waals surface area contributed by atoms with Crippen LogP contribution in [0.5, 0.6) is 0 Å². The van der Waals surface area contributed by atoms with Crippen LogP contribution in [0.15, 0.2) is 54.7 Å². The Kier molecular flexibility index (Phi) is 5.77. The van der Waals surface area contributed by atoms with Gasteiger partial charge in [-0.15, -0.1) is 0 Å². The zero-order chi connectivity index (χ0) is 22.7. The maximum absolute atomic E-state index is 13.3. The van der Waals surface area contributed by atoms with E-state index in [1.165, 1.54) is 36.4 Å². The molecule has 1 amide bonds. The number of primary amides is 1. The van der Waals surface area contributed by atoms with E-state index in [9.17, 15) is 18.8 Å². The molecule has 0 atom stereocenters. The first-order valence-corrected chi connectivity index (χ1v) is 10.2. The van der Waals surface area contributed by atoms with Crippen LogP contribution in [0.1, 0.15) is 29.6 Å². The van der Waals surface area contributed by atoms with Crippen molar-refractivity contribution in [1.82, 2.24) is 9.78 Å². The minimum Gasteiger partial charge on any atom is -0.371 e. The minimum atomic E-state index is -0.656. The van der Waals surface area contributed by atoms with Crippen LogP contribution in [0, 0.1) is 23.0 Å². The second-order valence-electron chi connectivity index (χ2n) is 7.85. The van der Waals surface area contributed by atoms with Gasteiger partial charge in [-0.3, -0.25) is 9.48 Å². The molecule has 3 N–H and O–H groups in total. The van der Waals surface area contributed by atoms with Crippen molar-refractivity contribution in [2.75, 3.05) is 23.3 Å². The van der Waals surface area contributed by atoms with Crippen molar-refractivity contribution >= 4 is 23.1 Å². The Balaban J connectivity index is 1.61. The number of amides is 1. The van der Waals surface area contributed by atoms with Crippen LogP contribution < -0.4 is 16.0 Å². The number of rotatable bonds is 6. The topological polar surface area (TPSA) is 100.0 Å². The highest BCUT2D eigenvalue weighted by molar-refractivity contribution is 5.98. The van der Waals surface area contributed by atoms with Gasteiger partial charge in [0.15, 0.2) is 5.82 Å². The molecule has 164 valence electrons. The normalized spacial score (nSPS) is 15.2. The third kappa shape index (κ3) is 4.25. The van der Waals surface area contributed by atoms with Gasteiger partial charge in [-0.2, -0.15) is 10.4 Å². The Bertz CT molecular complexity index is 1140. The van der Waals surface area contributed by atoms with Gasteiger partial charge in [-0.25, -0.2) is 8.78 Å². The van der Waals surface area contributed by atoms with Crippen LogP contribution in [0.3, 0.4) is 0 Å². The summed E-state index contributed by atoms with van der Waals surface area (Å²) in [4.78, 5) is 14.2. The molecule has 0 bridgehead atoms. The molecule has 4 rings (SSSR count). The second-order valence-corrected chi connectivity index (χ2v) is 7.85.